The standard InChI is InChI=1S/C24H28N2O5S/c1-17-8-14-21(15-9-17)32(29,30)26(19-6-4-3-5-7-19)22-16-23(27)25(24(22)28)18-10-12-20(31-2)13-11-18/h8-15,19,22H,3-7,16H2,1-2H3. The highest BCUT2D eigenvalue weighted by atomic mass is 32.2. The lowest BCUT2D eigenvalue weighted by molar-refractivity contribution is -0.122. The third kappa shape index (κ3) is 4.17. The number of sulfonamides is 1. The Labute approximate surface area is 189 Å². The number of ether oxygens (including phenoxy) is 1. The van der Waals surface area contributed by atoms with Crippen molar-refractivity contribution in [1.29, 1.82) is 0 Å². The van der Waals surface area contributed by atoms with Crippen molar-refractivity contribution < 1.29 is 22.7 Å². The number of carbonyl (C=O) groups is 2. The van der Waals surface area contributed by atoms with Crippen LogP contribution in [0.1, 0.15) is 44.1 Å². The van der Waals surface area contributed by atoms with Crippen molar-refractivity contribution in [3.05, 3.63) is 54.1 Å². The summed E-state index contributed by atoms with van der Waals surface area (Å²) in [6.07, 6.45) is 4.07. The average Bonchev–Trinajstić information content (AvgIpc) is 3.08. The molecule has 1 aliphatic heterocycles. The lowest BCUT2D eigenvalue weighted by Gasteiger charge is -2.36. The zero-order valence-electron chi connectivity index (χ0n) is 18.4. The van der Waals surface area contributed by atoms with Crippen LogP contribution in [0.4, 0.5) is 5.69 Å². The summed E-state index contributed by atoms with van der Waals surface area (Å²) >= 11 is 0. The fourth-order valence-electron chi connectivity index (χ4n) is 4.60. The van der Waals surface area contributed by atoms with Crippen LogP contribution in [0.25, 0.3) is 0 Å². The van der Waals surface area contributed by atoms with Crippen molar-refractivity contribution in [3.8, 4) is 5.75 Å². The highest BCUT2D eigenvalue weighted by molar-refractivity contribution is 7.89. The number of carbonyl (C=O) groups excluding carboxylic acids is 2. The van der Waals surface area contributed by atoms with E-state index in [-0.39, 0.29) is 17.4 Å². The van der Waals surface area contributed by atoms with Gasteiger partial charge < -0.3 is 4.74 Å². The van der Waals surface area contributed by atoms with Crippen molar-refractivity contribution in [2.75, 3.05) is 12.0 Å². The van der Waals surface area contributed by atoms with Gasteiger partial charge in [0.15, 0.2) is 0 Å². The number of rotatable bonds is 6. The molecule has 170 valence electrons. The Morgan fingerprint density at radius 1 is 0.938 bits per heavy atom. The van der Waals surface area contributed by atoms with Crippen LogP contribution in [0.15, 0.2) is 53.4 Å². The number of benzene rings is 2. The number of aryl methyl sites for hydroxylation is 1. The van der Waals surface area contributed by atoms with Crippen molar-refractivity contribution >= 4 is 27.5 Å². The maximum atomic E-state index is 13.7. The van der Waals surface area contributed by atoms with E-state index in [9.17, 15) is 18.0 Å². The Hall–Kier alpha value is -2.71. The van der Waals surface area contributed by atoms with Crippen LogP contribution in [0, 0.1) is 6.92 Å². The van der Waals surface area contributed by atoms with Crippen molar-refractivity contribution in [2.24, 2.45) is 0 Å². The van der Waals surface area contributed by atoms with Gasteiger partial charge in [-0.15, -0.1) is 0 Å². The van der Waals surface area contributed by atoms with Gasteiger partial charge in [0.1, 0.15) is 11.8 Å². The van der Waals surface area contributed by atoms with Gasteiger partial charge in [-0.3, -0.25) is 9.59 Å². The third-order valence-electron chi connectivity index (χ3n) is 6.29. The monoisotopic (exact) mass is 456 g/mol. The number of hydrogen-bond donors (Lipinski definition) is 0. The fraction of sp³-hybridized carbons (Fsp3) is 0.417. The normalized spacial score (nSPS) is 20.2. The molecule has 1 heterocycles. The second-order valence-electron chi connectivity index (χ2n) is 8.43. The van der Waals surface area contributed by atoms with Crippen LogP contribution in [0.2, 0.25) is 0 Å². The molecule has 8 heteroatoms. The zero-order valence-corrected chi connectivity index (χ0v) is 19.2. The molecule has 2 aromatic rings. The maximum absolute atomic E-state index is 13.7. The minimum atomic E-state index is -3.96. The van der Waals surface area contributed by atoms with Gasteiger partial charge in [0.25, 0.3) is 5.91 Å². The molecule has 0 radical (unpaired) electrons. The minimum Gasteiger partial charge on any atom is -0.497 e. The highest BCUT2D eigenvalue weighted by Crippen LogP contribution is 2.35. The minimum absolute atomic E-state index is 0.150. The molecule has 7 nitrogen and oxygen atoms in total. The van der Waals surface area contributed by atoms with E-state index >= 15 is 0 Å². The summed E-state index contributed by atoms with van der Waals surface area (Å²) in [5.74, 6) is -0.290. The van der Waals surface area contributed by atoms with Crippen LogP contribution in [-0.4, -0.2) is 43.7 Å². The summed E-state index contributed by atoms with van der Waals surface area (Å²) < 4.78 is 34.0. The molecule has 2 aromatic carbocycles. The summed E-state index contributed by atoms with van der Waals surface area (Å²) in [5.41, 5.74) is 1.37. The van der Waals surface area contributed by atoms with Gasteiger partial charge in [-0.1, -0.05) is 37.0 Å². The molecule has 0 N–H and O–H groups in total. The molecule has 2 amide bonds. The molecule has 32 heavy (non-hydrogen) atoms. The van der Waals surface area contributed by atoms with Crippen LogP contribution in [0.3, 0.4) is 0 Å². The smallest absolute Gasteiger partial charge is 0.252 e. The Morgan fingerprint density at radius 3 is 2.16 bits per heavy atom. The molecule has 0 spiro atoms. The number of nitrogens with zero attached hydrogens (tertiary/aromatic N) is 2. The first-order chi connectivity index (χ1) is 15.3. The Bertz CT molecular complexity index is 1090. The van der Waals surface area contributed by atoms with E-state index in [0.717, 1.165) is 29.7 Å². The van der Waals surface area contributed by atoms with Gasteiger partial charge >= 0.3 is 0 Å². The quantitative estimate of drug-likeness (QED) is 0.620. The van der Waals surface area contributed by atoms with Gasteiger partial charge in [-0.2, -0.15) is 4.31 Å². The number of anilines is 1. The van der Waals surface area contributed by atoms with Crippen LogP contribution in [-0.2, 0) is 19.6 Å². The van der Waals surface area contributed by atoms with E-state index in [1.165, 1.54) is 11.4 Å². The molecule has 4 rings (SSSR count). The van der Waals surface area contributed by atoms with Gasteiger partial charge in [0.05, 0.1) is 24.1 Å². The van der Waals surface area contributed by atoms with Crippen LogP contribution in [0.5, 0.6) is 5.75 Å². The number of amides is 2. The summed E-state index contributed by atoms with van der Waals surface area (Å²) in [6, 6.07) is 11.9. The van der Waals surface area contributed by atoms with Crippen molar-refractivity contribution in [3.63, 3.8) is 0 Å². The van der Waals surface area contributed by atoms with Gasteiger partial charge in [0.2, 0.25) is 15.9 Å². The topological polar surface area (TPSA) is 84.0 Å². The number of imide groups is 1. The molecule has 1 aliphatic carbocycles. The zero-order chi connectivity index (χ0) is 22.9. The average molecular weight is 457 g/mol. The Kier molecular flexibility index (Phi) is 6.35. The second-order valence-corrected chi connectivity index (χ2v) is 10.3. The van der Waals surface area contributed by atoms with E-state index in [1.54, 1.807) is 48.5 Å². The first-order valence-electron chi connectivity index (χ1n) is 10.9. The summed E-state index contributed by atoms with van der Waals surface area (Å²) in [5, 5.41) is 0. The number of hydrogen-bond acceptors (Lipinski definition) is 5. The fourth-order valence-corrected chi connectivity index (χ4v) is 6.43. The van der Waals surface area contributed by atoms with E-state index in [2.05, 4.69) is 0 Å². The largest absolute Gasteiger partial charge is 0.497 e. The Morgan fingerprint density at radius 2 is 1.56 bits per heavy atom. The summed E-state index contributed by atoms with van der Waals surface area (Å²) in [4.78, 5) is 27.6. The third-order valence-corrected chi connectivity index (χ3v) is 8.27. The molecule has 2 aliphatic rings. The molecule has 1 saturated heterocycles. The van der Waals surface area contributed by atoms with Gasteiger partial charge in [0, 0.05) is 6.04 Å². The van der Waals surface area contributed by atoms with Gasteiger partial charge in [-0.05, 0) is 56.2 Å². The molecule has 1 atom stereocenters. The van der Waals surface area contributed by atoms with Gasteiger partial charge in [-0.25, -0.2) is 13.3 Å². The molecule has 0 bridgehead atoms. The van der Waals surface area contributed by atoms with E-state index < -0.39 is 27.9 Å². The summed E-state index contributed by atoms with van der Waals surface area (Å²) in [7, 11) is -2.42. The molecule has 1 unspecified atom stereocenters. The molecule has 2 fully saturated rings. The second kappa shape index (κ2) is 9.03. The molecule has 1 saturated carbocycles. The first kappa shape index (κ1) is 22.5. The SMILES string of the molecule is COc1ccc(N2C(=O)CC(N(C3CCCCC3)S(=O)(=O)c3ccc(C)cc3)C2=O)cc1. The Balaban J connectivity index is 1.71. The lowest BCUT2D eigenvalue weighted by Crippen LogP contribution is -2.51. The predicted octanol–water partition coefficient (Wildman–Crippen LogP) is 3.66. The van der Waals surface area contributed by atoms with E-state index in [4.69, 9.17) is 4.74 Å². The lowest BCUT2D eigenvalue weighted by atomic mass is 9.94. The van der Waals surface area contributed by atoms with Crippen LogP contribution >= 0.6 is 0 Å². The van der Waals surface area contributed by atoms with Crippen LogP contribution < -0.4 is 9.64 Å². The van der Waals surface area contributed by atoms with Crippen molar-refractivity contribution in [2.45, 2.75) is 62.4 Å². The molecular formula is C24H28N2O5S. The maximum Gasteiger partial charge on any atom is 0.252 e. The van der Waals surface area contributed by atoms with Crippen molar-refractivity contribution in [1.82, 2.24) is 4.31 Å². The molecular weight excluding hydrogens is 428 g/mol. The number of methoxy groups -OCH3 is 1. The highest BCUT2D eigenvalue weighted by Gasteiger charge is 2.49. The first-order valence-corrected chi connectivity index (χ1v) is 12.4. The summed E-state index contributed by atoms with van der Waals surface area (Å²) in [6.45, 7) is 1.89. The predicted molar refractivity (Wildman–Crippen MR) is 121 cm³/mol. The van der Waals surface area contributed by atoms with E-state index in [1.807, 2.05) is 6.92 Å². The van der Waals surface area contributed by atoms with E-state index in [0.29, 0.717) is 24.3 Å². The molecule has 0 aromatic heterocycles.